The molecule has 108 heavy (non-hydrogen) atoms. The first-order chi connectivity index (χ1) is 50.3. The molecule has 0 radical (unpaired) electrons. The van der Waals surface area contributed by atoms with E-state index in [1.807, 2.05) is 0 Å². The molecule has 3 aromatic carbocycles. The van der Waals surface area contributed by atoms with Crippen LogP contribution in [0.2, 0.25) is 0 Å². The summed E-state index contributed by atoms with van der Waals surface area (Å²) in [6.07, 6.45) is -17.4. The number of hydrogen-bond donors (Lipinski definition) is 15. The van der Waals surface area contributed by atoms with Crippen LogP contribution in [-0.4, -0.2) is 192 Å². The third kappa shape index (κ3) is 19.5. The molecule has 12 rings (SSSR count). The summed E-state index contributed by atoms with van der Waals surface area (Å²) < 4.78 is 168. The van der Waals surface area contributed by atoms with Crippen molar-refractivity contribution in [1.29, 1.82) is 0 Å². The SMILES string of the molecule is O=c1ccn([C@@H]2O[C@H](COP(=O)(O)OP(=O)(O)O)[C@H](O)C2O)c(=O)n1Cc1noc2cc(F)ccc12.O=c1ccn([C@@H]2O[C@H](COP(=O)(O)OP(=O)(O)O)[C@H](O)C2O)c(=O)n1Cc1noc2ccc(F)cc12.O=c1ccn([C@@H]2O[C@H](COP(=O)(O)OP(=O)(O)O)[C@H](O)C2O)c(=O)n1Cc1noc2cccc(F)c12. The molecule has 3 fully saturated rings. The van der Waals surface area contributed by atoms with Crippen molar-refractivity contribution in [2.45, 2.75) is 93.3 Å². The van der Waals surface area contributed by atoms with Crippen LogP contribution in [0.5, 0.6) is 0 Å². The first-order valence-electron chi connectivity index (χ1n) is 29.6. The predicted molar refractivity (Wildman–Crippen MR) is 339 cm³/mol. The number of nitrogens with zero attached hydrogens (tertiary/aromatic N) is 9. The molecule has 3 aliphatic heterocycles. The lowest BCUT2D eigenvalue weighted by Crippen LogP contribution is -2.43. The zero-order chi connectivity index (χ0) is 79.2. The van der Waals surface area contributed by atoms with Gasteiger partial charge in [0.2, 0.25) is 0 Å². The van der Waals surface area contributed by atoms with Gasteiger partial charge in [0.25, 0.3) is 16.7 Å². The maximum atomic E-state index is 14.2. The smallest absolute Gasteiger partial charge is 0.387 e. The molecular formula is C51H54F3N9O39P6. The van der Waals surface area contributed by atoms with Crippen LogP contribution in [0.3, 0.4) is 0 Å². The summed E-state index contributed by atoms with van der Waals surface area (Å²) in [4.78, 5) is 156. The lowest BCUT2D eigenvalue weighted by Gasteiger charge is -2.19. The number of aliphatic hydroxyl groups is 6. The molecule has 15 atom stereocenters. The summed E-state index contributed by atoms with van der Waals surface area (Å²) in [7, 11) is -32.0. The van der Waals surface area contributed by atoms with Gasteiger partial charge in [-0.2, -0.15) is 12.9 Å². The number of benzene rings is 3. The van der Waals surface area contributed by atoms with Crippen molar-refractivity contribution in [2.24, 2.45) is 0 Å². The van der Waals surface area contributed by atoms with Crippen molar-refractivity contribution in [1.82, 2.24) is 42.9 Å². The molecule has 57 heteroatoms. The number of fused-ring (bicyclic) bond motifs is 3. The third-order valence-electron chi connectivity index (χ3n) is 15.4. The Morgan fingerprint density at radius 1 is 0.398 bits per heavy atom. The summed E-state index contributed by atoms with van der Waals surface area (Å²) in [5.74, 6) is -1.88. The fourth-order valence-electron chi connectivity index (χ4n) is 10.6. The van der Waals surface area contributed by atoms with Gasteiger partial charge in [-0.3, -0.25) is 55.4 Å². The summed E-state index contributed by atoms with van der Waals surface area (Å²) in [5.41, 5.74) is -4.94. The van der Waals surface area contributed by atoms with Crippen molar-refractivity contribution in [2.75, 3.05) is 19.8 Å². The second kappa shape index (κ2) is 32.3. The van der Waals surface area contributed by atoms with Gasteiger partial charge >= 0.3 is 64.0 Å². The zero-order valence-corrected chi connectivity index (χ0v) is 58.5. The molecule has 0 bridgehead atoms. The van der Waals surface area contributed by atoms with Crippen LogP contribution in [0.15, 0.2) is 134 Å². The van der Waals surface area contributed by atoms with Crippen molar-refractivity contribution in [3.05, 3.63) is 188 Å². The van der Waals surface area contributed by atoms with E-state index in [0.29, 0.717) is 19.1 Å². The third-order valence-corrected chi connectivity index (χ3v) is 21.9. The van der Waals surface area contributed by atoms with Gasteiger partial charge in [0.15, 0.2) is 35.4 Å². The Bertz CT molecular complexity index is 5550. The molecule has 0 amide bonds. The maximum absolute atomic E-state index is 14.2. The molecule has 6 aromatic heterocycles. The minimum Gasteiger partial charge on any atom is -0.387 e. The van der Waals surface area contributed by atoms with E-state index in [2.05, 4.69) is 42.0 Å². The van der Waals surface area contributed by atoms with Gasteiger partial charge in [0, 0.05) is 53.6 Å². The van der Waals surface area contributed by atoms with Crippen molar-refractivity contribution >= 4 is 79.8 Å². The predicted octanol–water partition coefficient (Wildman–Crippen LogP) is -2.45. The number of aliphatic hydroxyl groups excluding tert-OH is 6. The number of phosphoric ester groups is 3. The topological polar surface area (TPSA) is 699 Å². The standard InChI is InChI=1S/3C17H18FN3O13P2/c18-8-1-2-11-9(5-8)10(19-33-11)6-21-13(22)3-4-20(17(21)25)16-15(24)14(23)12(32-16)7-31-36(29,30)34-35(26,27)28;18-8-1-2-9-10(19-33-11(9)5-8)6-21-13(22)3-4-20(17(21)25)16-15(24)14(23)12(32-16)7-31-36(29,30)34-35(26,27)28;18-8-2-1-3-10-13(8)9(19-33-10)6-21-12(22)4-5-20(17(21)25)16-15(24)14(23)11(32-16)7-31-36(29,30)34-35(26,27)28/h2*1-5,12,14-16,23-24H,6-7H2,(H,29,30)(H2,26,27,28);1-5,11,14-16,23-24H,6-7H2,(H,29,30)(H2,26,27,28)/t2*12-,14+,15?,16-;11-,14+,15?,16-/m111/s1. The largest absolute Gasteiger partial charge is 0.481 e. The monoisotopic (exact) mass is 1660 g/mol. The Labute approximate surface area is 591 Å². The second-order valence-corrected chi connectivity index (χ2v) is 31.2. The van der Waals surface area contributed by atoms with Crippen LogP contribution < -0.4 is 33.7 Å². The molecule has 3 aliphatic rings. The van der Waals surface area contributed by atoms with Gasteiger partial charge < -0.3 is 102 Å². The highest BCUT2D eigenvalue weighted by molar-refractivity contribution is 7.61. The lowest BCUT2D eigenvalue weighted by atomic mass is 10.1. The minimum atomic E-state index is -5.40. The van der Waals surface area contributed by atoms with Gasteiger partial charge in [-0.1, -0.05) is 21.5 Å². The van der Waals surface area contributed by atoms with Crippen LogP contribution in [0.25, 0.3) is 32.9 Å². The molecule has 0 saturated carbocycles. The molecule has 9 heterocycles. The minimum absolute atomic E-state index is 0.0463. The Morgan fingerprint density at radius 3 is 1.14 bits per heavy atom. The second-order valence-electron chi connectivity index (χ2n) is 22.7. The summed E-state index contributed by atoms with van der Waals surface area (Å²) in [6, 6.07) is 13.9. The number of rotatable bonds is 24. The lowest BCUT2D eigenvalue weighted by molar-refractivity contribution is -0.0548. The van der Waals surface area contributed by atoms with Gasteiger partial charge in [-0.25, -0.2) is 54.9 Å². The molecule has 9 aromatic rings. The summed E-state index contributed by atoms with van der Waals surface area (Å²) in [5, 5.41) is 73.5. The summed E-state index contributed by atoms with van der Waals surface area (Å²) in [6.45, 7) is -4.30. The van der Waals surface area contributed by atoms with Gasteiger partial charge in [0.05, 0.1) is 44.8 Å². The molecule has 48 nitrogen and oxygen atoms in total. The summed E-state index contributed by atoms with van der Waals surface area (Å²) >= 11 is 0. The molecule has 0 aliphatic carbocycles. The molecule has 588 valence electrons. The highest BCUT2D eigenvalue weighted by Gasteiger charge is 2.49. The molecule has 0 spiro atoms. The Morgan fingerprint density at radius 2 is 0.741 bits per heavy atom. The first kappa shape index (κ1) is 82.8. The van der Waals surface area contributed by atoms with E-state index in [-0.39, 0.29) is 44.6 Å². The average molecular weight is 1660 g/mol. The molecule has 15 N–H and O–H groups in total. The van der Waals surface area contributed by atoms with E-state index in [4.69, 9.17) is 57.1 Å². The van der Waals surface area contributed by atoms with Crippen LogP contribution in [0.4, 0.5) is 13.2 Å². The van der Waals surface area contributed by atoms with E-state index in [9.17, 15) is 115 Å². The number of phosphoric acid groups is 6. The fraction of sp³-hybridized carbons (Fsp3) is 0.353. The van der Waals surface area contributed by atoms with Gasteiger partial charge in [-0.05, 0) is 42.5 Å². The normalized spacial score (nSPS) is 24.3. The van der Waals surface area contributed by atoms with Crippen LogP contribution >= 0.6 is 46.9 Å². The van der Waals surface area contributed by atoms with Crippen LogP contribution in [0.1, 0.15) is 35.8 Å². The van der Waals surface area contributed by atoms with Crippen LogP contribution in [-0.2, 0) is 87.7 Å². The molecular weight excluding hydrogens is 1610 g/mol. The maximum Gasteiger partial charge on any atom is 0.481 e. The molecule has 3 saturated heterocycles. The molecule has 6 unspecified atom stereocenters. The van der Waals surface area contributed by atoms with E-state index in [0.717, 1.165) is 80.8 Å². The van der Waals surface area contributed by atoms with E-state index in [1.165, 1.54) is 24.3 Å². The van der Waals surface area contributed by atoms with Crippen molar-refractivity contribution in [3.8, 4) is 0 Å². The Kier molecular flexibility index (Phi) is 24.8. The highest BCUT2D eigenvalue weighted by Crippen LogP contribution is 2.60. The van der Waals surface area contributed by atoms with Crippen LogP contribution in [0, 0.1) is 17.5 Å². The number of hydrogen-bond acceptors (Lipinski definition) is 33. The quantitative estimate of drug-likeness (QED) is 0.0279. The van der Waals surface area contributed by atoms with E-state index < -0.39 is 211 Å². The first-order valence-corrected chi connectivity index (χ1v) is 38.7. The van der Waals surface area contributed by atoms with E-state index in [1.54, 1.807) is 0 Å². The number of halogens is 3. The van der Waals surface area contributed by atoms with Crippen molar-refractivity contribution < 1.29 is 170 Å². The van der Waals surface area contributed by atoms with E-state index >= 15 is 0 Å². The fourth-order valence-corrected chi connectivity index (χ4v) is 15.4. The Hall–Kier alpha value is -7.68. The number of aromatic nitrogens is 9. The van der Waals surface area contributed by atoms with Gasteiger partial charge in [0.1, 0.15) is 89.5 Å². The zero-order valence-electron chi connectivity index (χ0n) is 53.2. The Balaban J connectivity index is 0.000000173. The van der Waals surface area contributed by atoms with Crippen molar-refractivity contribution in [3.63, 3.8) is 0 Å². The highest BCUT2D eigenvalue weighted by atomic mass is 31.3. The number of ether oxygens (including phenoxy) is 3. The van der Waals surface area contributed by atoms with Gasteiger partial charge in [-0.15, -0.1) is 0 Å². The average Bonchev–Trinajstić information content (AvgIpc) is 1.46.